The SMILES string of the molecule is COC(=O)c1sccc1-c1ccc(/C=N\OCc2ccc(Cl)c(Cl)c2)o1. The third kappa shape index (κ3) is 4.27. The largest absolute Gasteiger partial charge is 0.465 e. The Hall–Kier alpha value is -2.28. The number of esters is 1. The molecule has 3 aromatic rings. The van der Waals surface area contributed by atoms with Crippen LogP contribution in [0.15, 0.2) is 51.4 Å². The van der Waals surface area contributed by atoms with Crippen molar-refractivity contribution in [2.45, 2.75) is 6.61 Å². The first-order valence-electron chi connectivity index (χ1n) is 7.43. The molecule has 0 amide bonds. The van der Waals surface area contributed by atoms with Crippen LogP contribution in [0.3, 0.4) is 0 Å². The molecule has 2 heterocycles. The van der Waals surface area contributed by atoms with Crippen molar-refractivity contribution in [3.63, 3.8) is 0 Å². The Morgan fingerprint density at radius 3 is 2.85 bits per heavy atom. The van der Waals surface area contributed by atoms with Crippen molar-refractivity contribution in [3.05, 3.63) is 68.0 Å². The fraction of sp³-hybridized carbons (Fsp3) is 0.111. The maximum atomic E-state index is 11.7. The number of hydrogen-bond acceptors (Lipinski definition) is 6. The summed E-state index contributed by atoms with van der Waals surface area (Å²) in [5, 5.41) is 6.63. The fourth-order valence-electron chi connectivity index (χ4n) is 2.15. The molecule has 0 unspecified atom stereocenters. The van der Waals surface area contributed by atoms with Gasteiger partial charge in [-0.1, -0.05) is 34.4 Å². The number of benzene rings is 1. The molecule has 0 aliphatic heterocycles. The van der Waals surface area contributed by atoms with E-state index in [1.165, 1.54) is 24.7 Å². The van der Waals surface area contributed by atoms with Crippen LogP contribution in [0.2, 0.25) is 10.0 Å². The number of methoxy groups -OCH3 is 1. The lowest BCUT2D eigenvalue weighted by Crippen LogP contribution is -1.99. The summed E-state index contributed by atoms with van der Waals surface area (Å²) in [6, 6.07) is 10.5. The summed E-state index contributed by atoms with van der Waals surface area (Å²) in [5.41, 5.74) is 1.52. The Kier molecular flexibility index (Phi) is 5.98. The first-order chi connectivity index (χ1) is 12.6. The molecular weight excluding hydrogens is 397 g/mol. The van der Waals surface area contributed by atoms with E-state index < -0.39 is 5.97 Å². The lowest BCUT2D eigenvalue weighted by Gasteiger charge is -2.01. The molecule has 8 heteroatoms. The highest BCUT2D eigenvalue weighted by Crippen LogP contribution is 2.30. The number of furan rings is 1. The second kappa shape index (κ2) is 8.40. The number of hydrogen-bond donors (Lipinski definition) is 0. The number of nitrogens with zero attached hydrogens (tertiary/aromatic N) is 1. The molecule has 134 valence electrons. The monoisotopic (exact) mass is 409 g/mol. The summed E-state index contributed by atoms with van der Waals surface area (Å²) < 4.78 is 10.4. The topological polar surface area (TPSA) is 61.0 Å². The van der Waals surface area contributed by atoms with Crippen LogP contribution in [0.1, 0.15) is 21.0 Å². The smallest absolute Gasteiger partial charge is 0.348 e. The molecule has 0 saturated carbocycles. The normalized spacial score (nSPS) is 11.0. The van der Waals surface area contributed by atoms with E-state index in [1.54, 1.807) is 41.8 Å². The lowest BCUT2D eigenvalue weighted by atomic mass is 10.2. The van der Waals surface area contributed by atoms with Gasteiger partial charge in [0.1, 0.15) is 29.2 Å². The molecule has 0 atom stereocenters. The van der Waals surface area contributed by atoms with Crippen LogP contribution in [0.4, 0.5) is 0 Å². The van der Waals surface area contributed by atoms with E-state index in [0.717, 1.165) is 5.56 Å². The third-order valence-electron chi connectivity index (χ3n) is 3.40. The van der Waals surface area contributed by atoms with Crippen LogP contribution in [0.5, 0.6) is 0 Å². The second-order valence-electron chi connectivity index (χ2n) is 5.11. The molecule has 0 radical (unpaired) electrons. The molecule has 0 bridgehead atoms. The van der Waals surface area contributed by atoms with Gasteiger partial charge in [-0.15, -0.1) is 11.3 Å². The van der Waals surface area contributed by atoms with E-state index in [4.69, 9.17) is 37.2 Å². The van der Waals surface area contributed by atoms with Gasteiger partial charge in [-0.25, -0.2) is 4.79 Å². The zero-order chi connectivity index (χ0) is 18.5. The summed E-state index contributed by atoms with van der Waals surface area (Å²) in [7, 11) is 1.34. The summed E-state index contributed by atoms with van der Waals surface area (Å²) in [6.07, 6.45) is 1.45. The highest BCUT2D eigenvalue weighted by molar-refractivity contribution is 7.12. The zero-order valence-corrected chi connectivity index (χ0v) is 15.9. The van der Waals surface area contributed by atoms with E-state index >= 15 is 0 Å². The molecule has 0 spiro atoms. The molecule has 2 aromatic heterocycles. The maximum Gasteiger partial charge on any atom is 0.348 e. The molecular formula is C18H13Cl2NO4S. The molecule has 0 N–H and O–H groups in total. The van der Waals surface area contributed by atoms with Crippen molar-refractivity contribution in [1.82, 2.24) is 0 Å². The van der Waals surface area contributed by atoms with Gasteiger partial charge in [0.15, 0.2) is 0 Å². The quantitative estimate of drug-likeness (QED) is 0.299. The van der Waals surface area contributed by atoms with Crippen molar-refractivity contribution in [3.8, 4) is 11.3 Å². The molecule has 3 rings (SSSR count). The molecule has 0 aliphatic carbocycles. The Labute approximate surface area is 163 Å². The molecule has 5 nitrogen and oxygen atoms in total. The molecule has 26 heavy (non-hydrogen) atoms. The summed E-state index contributed by atoms with van der Waals surface area (Å²) in [5.74, 6) is 0.653. The Bertz CT molecular complexity index is 948. The van der Waals surface area contributed by atoms with Gasteiger partial charge in [-0.2, -0.15) is 0 Å². The number of carbonyl (C=O) groups is 1. The summed E-state index contributed by atoms with van der Waals surface area (Å²) in [4.78, 5) is 17.5. The number of halogens is 2. The number of rotatable bonds is 6. The Morgan fingerprint density at radius 1 is 1.23 bits per heavy atom. The van der Waals surface area contributed by atoms with Crippen molar-refractivity contribution in [2.24, 2.45) is 5.16 Å². The zero-order valence-electron chi connectivity index (χ0n) is 13.6. The third-order valence-corrected chi connectivity index (χ3v) is 5.03. The highest BCUT2D eigenvalue weighted by Gasteiger charge is 2.17. The first-order valence-corrected chi connectivity index (χ1v) is 9.07. The number of thiophene rings is 1. The first kappa shape index (κ1) is 18.5. The number of oxime groups is 1. The van der Waals surface area contributed by atoms with Crippen molar-refractivity contribution < 1.29 is 18.8 Å². The van der Waals surface area contributed by atoms with Crippen LogP contribution in [-0.4, -0.2) is 19.3 Å². The number of carbonyl (C=O) groups excluding carboxylic acids is 1. The van der Waals surface area contributed by atoms with Crippen molar-refractivity contribution in [2.75, 3.05) is 7.11 Å². The van der Waals surface area contributed by atoms with E-state index in [0.29, 0.717) is 32.0 Å². The van der Waals surface area contributed by atoms with E-state index in [9.17, 15) is 4.79 Å². The molecule has 0 fully saturated rings. The lowest BCUT2D eigenvalue weighted by molar-refractivity contribution is 0.0607. The minimum absolute atomic E-state index is 0.248. The Morgan fingerprint density at radius 2 is 2.08 bits per heavy atom. The van der Waals surface area contributed by atoms with Crippen LogP contribution in [-0.2, 0) is 16.2 Å². The van der Waals surface area contributed by atoms with Gasteiger partial charge in [0, 0.05) is 5.56 Å². The van der Waals surface area contributed by atoms with Gasteiger partial charge in [-0.05, 0) is 41.3 Å². The van der Waals surface area contributed by atoms with Gasteiger partial charge in [0.2, 0.25) is 0 Å². The van der Waals surface area contributed by atoms with Crippen LogP contribution < -0.4 is 0 Å². The molecule has 0 aliphatic rings. The van der Waals surface area contributed by atoms with Crippen molar-refractivity contribution >= 4 is 46.7 Å². The van der Waals surface area contributed by atoms with Gasteiger partial charge < -0.3 is 14.0 Å². The molecule has 1 aromatic carbocycles. The summed E-state index contributed by atoms with van der Waals surface area (Å²) >= 11 is 13.1. The summed E-state index contributed by atoms with van der Waals surface area (Å²) in [6.45, 7) is 0.248. The average molecular weight is 410 g/mol. The van der Waals surface area contributed by atoms with Crippen LogP contribution >= 0.6 is 34.5 Å². The minimum atomic E-state index is -0.397. The second-order valence-corrected chi connectivity index (χ2v) is 6.84. The highest BCUT2D eigenvalue weighted by atomic mass is 35.5. The average Bonchev–Trinajstić information content (AvgIpc) is 3.30. The maximum absolute atomic E-state index is 11.7. The van der Waals surface area contributed by atoms with Gasteiger partial charge in [0.05, 0.1) is 17.2 Å². The standard InChI is InChI=1S/C18H13Cl2NO4S/c1-23-18(22)17-13(6-7-26-17)16-5-3-12(25-16)9-21-24-10-11-2-4-14(19)15(20)8-11/h2-9H,10H2,1H3/b21-9-. The predicted molar refractivity (Wildman–Crippen MR) is 102 cm³/mol. The predicted octanol–water partition coefficient (Wildman–Crippen LogP) is 5.65. The van der Waals surface area contributed by atoms with E-state index in [2.05, 4.69) is 5.16 Å². The van der Waals surface area contributed by atoms with Crippen LogP contribution in [0.25, 0.3) is 11.3 Å². The van der Waals surface area contributed by atoms with E-state index in [1.807, 2.05) is 0 Å². The fourth-order valence-corrected chi connectivity index (χ4v) is 3.29. The number of ether oxygens (including phenoxy) is 1. The van der Waals surface area contributed by atoms with Crippen LogP contribution in [0, 0.1) is 0 Å². The van der Waals surface area contributed by atoms with E-state index in [-0.39, 0.29) is 6.61 Å². The molecule has 0 saturated heterocycles. The minimum Gasteiger partial charge on any atom is -0.465 e. The van der Waals surface area contributed by atoms with Crippen molar-refractivity contribution in [1.29, 1.82) is 0 Å². The van der Waals surface area contributed by atoms with Gasteiger partial charge in [-0.3, -0.25) is 0 Å². The Balaban J connectivity index is 1.63. The van der Waals surface area contributed by atoms with Gasteiger partial charge >= 0.3 is 5.97 Å². The van der Waals surface area contributed by atoms with Gasteiger partial charge in [0.25, 0.3) is 0 Å².